The fraction of sp³-hybridized carbons (Fsp3) is 0.130. The molecule has 3 aromatic carbocycles. The van der Waals surface area contributed by atoms with Gasteiger partial charge in [0.25, 0.3) is 5.91 Å². The number of amides is 1. The smallest absolute Gasteiger partial charge is 0.263 e. The van der Waals surface area contributed by atoms with Gasteiger partial charge in [0, 0.05) is 27.5 Å². The van der Waals surface area contributed by atoms with Crippen LogP contribution in [0.4, 0.5) is 5.82 Å². The predicted molar refractivity (Wildman–Crippen MR) is 122 cm³/mol. The Hall–Kier alpha value is -2.96. The Balaban J connectivity index is 1.38. The number of aromatic nitrogens is 2. The second-order valence-corrected chi connectivity index (χ2v) is 8.39. The third-order valence-corrected chi connectivity index (χ3v) is 6.21. The summed E-state index contributed by atoms with van der Waals surface area (Å²) in [5.74, 6) is 2.82. The van der Waals surface area contributed by atoms with Gasteiger partial charge in [0.05, 0.1) is 11.4 Å². The van der Waals surface area contributed by atoms with Crippen LogP contribution in [0.15, 0.2) is 66.7 Å². The molecular weight excluding hydrogens is 418 g/mol. The van der Waals surface area contributed by atoms with Crippen molar-refractivity contribution in [2.45, 2.75) is 11.5 Å². The summed E-state index contributed by atoms with van der Waals surface area (Å²) in [7, 11) is 0. The third-order valence-electron chi connectivity index (χ3n) is 4.99. The maximum Gasteiger partial charge on any atom is 0.263 e. The summed E-state index contributed by atoms with van der Waals surface area (Å²) in [6, 6.07) is 21.2. The van der Waals surface area contributed by atoms with E-state index in [-0.39, 0.29) is 12.5 Å². The standard InChI is InChI=1S/C23H18ClN3O2S/c24-16-8-10-17(11-9-16)27-23(19-13-30-14-20(19)26-27)25-22(28)12-29-21-7-3-5-15-4-1-2-6-18(15)21/h1-11H,12-14H2,(H,25,28). The lowest BCUT2D eigenvalue weighted by Crippen LogP contribution is -2.22. The average Bonchev–Trinajstić information content (AvgIpc) is 3.35. The number of ether oxygens (including phenoxy) is 1. The Morgan fingerprint density at radius 3 is 2.73 bits per heavy atom. The molecule has 30 heavy (non-hydrogen) atoms. The SMILES string of the molecule is O=C(COc1cccc2ccccc12)Nc1c2c(nn1-c1ccc(Cl)cc1)CSC2. The monoisotopic (exact) mass is 435 g/mol. The Bertz CT molecular complexity index is 1230. The first-order chi connectivity index (χ1) is 14.7. The van der Waals surface area contributed by atoms with Gasteiger partial charge in [-0.25, -0.2) is 4.68 Å². The number of benzene rings is 3. The Kier molecular flexibility index (Phi) is 5.11. The normalized spacial score (nSPS) is 12.7. The van der Waals surface area contributed by atoms with Crippen LogP contribution in [0.2, 0.25) is 5.02 Å². The number of halogens is 1. The van der Waals surface area contributed by atoms with E-state index in [0.29, 0.717) is 16.6 Å². The van der Waals surface area contributed by atoms with Gasteiger partial charge in [0.1, 0.15) is 11.6 Å². The molecule has 0 fully saturated rings. The van der Waals surface area contributed by atoms with Gasteiger partial charge < -0.3 is 10.1 Å². The Morgan fingerprint density at radius 1 is 1.07 bits per heavy atom. The minimum Gasteiger partial charge on any atom is -0.483 e. The number of carbonyl (C=O) groups excluding carboxylic acids is 1. The van der Waals surface area contributed by atoms with Gasteiger partial charge in [0.15, 0.2) is 6.61 Å². The zero-order chi connectivity index (χ0) is 20.5. The van der Waals surface area contributed by atoms with Crippen LogP contribution in [0.25, 0.3) is 16.5 Å². The quantitative estimate of drug-likeness (QED) is 0.453. The first kappa shape index (κ1) is 19.0. The first-order valence-electron chi connectivity index (χ1n) is 9.54. The van der Waals surface area contributed by atoms with Crippen LogP contribution in [0.1, 0.15) is 11.3 Å². The van der Waals surface area contributed by atoms with Crippen molar-refractivity contribution in [3.05, 3.63) is 83.0 Å². The van der Waals surface area contributed by atoms with E-state index in [1.807, 2.05) is 66.7 Å². The van der Waals surface area contributed by atoms with Crippen LogP contribution in [-0.4, -0.2) is 22.3 Å². The highest BCUT2D eigenvalue weighted by Gasteiger charge is 2.24. The van der Waals surface area contributed by atoms with Gasteiger partial charge in [-0.2, -0.15) is 16.9 Å². The lowest BCUT2D eigenvalue weighted by molar-refractivity contribution is -0.118. The van der Waals surface area contributed by atoms with Crippen LogP contribution >= 0.6 is 23.4 Å². The molecule has 1 N–H and O–H groups in total. The highest BCUT2D eigenvalue weighted by molar-refractivity contribution is 7.98. The molecule has 0 atom stereocenters. The zero-order valence-corrected chi connectivity index (χ0v) is 17.5. The number of thioether (sulfide) groups is 1. The van der Waals surface area contributed by atoms with Crippen LogP contribution in [0.5, 0.6) is 5.75 Å². The van der Waals surface area contributed by atoms with E-state index in [1.165, 1.54) is 0 Å². The number of nitrogens with one attached hydrogen (secondary N) is 1. The van der Waals surface area contributed by atoms with E-state index >= 15 is 0 Å². The molecule has 0 saturated heterocycles. The number of hydrogen-bond donors (Lipinski definition) is 1. The summed E-state index contributed by atoms with van der Waals surface area (Å²) in [5, 5.41) is 10.4. The van der Waals surface area contributed by atoms with Crippen LogP contribution in [0.3, 0.4) is 0 Å². The molecule has 0 radical (unpaired) electrons. The van der Waals surface area contributed by atoms with Crippen molar-refractivity contribution in [3.63, 3.8) is 0 Å². The molecule has 7 heteroatoms. The predicted octanol–water partition coefficient (Wildman–Crippen LogP) is 5.44. The minimum absolute atomic E-state index is 0.0816. The topological polar surface area (TPSA) is 56.1 Å². The van der Waals surface area contributed by atoms with Crippen molar-refractivity contribution in [3.8, 4) is 11.4 Å². The number of carbonyl (C=O) groups is 1. The maximum absolute atomic E-state index is 12.8. The van der Waals surface area contributed by atoms with Gasteiger partial charge in [0.2, 0.25) is 0 Å². The van der Waals surface area contributed by atoms with E-state index < -0.39 is 0 Å². The van der Waals surface area contributed by atoms with Crippen LogP contribution in [-0.2, 0) is 16.3 Å². The number of nitrogens with zero attached hydrogens (tertiary/aromatic N) is 2. The molecule has 0 spiro atoms. The van der Waals surface area contributed by atoms with Gasteiger partial charge in [-0.1, -0.05) is 48.0 Å². The highest BCUT2D eigenvalue weighted by Crippen LogP contribution is 2.36. The Morgan fingerprint density at radius 2 is 1.87 bits per heavy atom. The molecule has 1 aliphatic heterocycles. The molecule has 4 aromatic rings. The van der Waals surface area contributed by atoms with Gasteiger partial charge in [-0.3, -0.25) is 4.79 Å². The van der Waals surface area contributed by atoms with E-state index in [1.54, 1.807) is 16.4 Å². The zero-order valence-electron chi connectivity index (χ0n) is 16.0. The number of anilines is 1. The van der Waals surface area contributed by atoms with E-state index in [0.717, 1.165) is 39.2 Å². The van der Waals surface area contributed by atoms with Crippen molar-refractivity contribution in [2.24, 2.45) is 0 Å². The molecule has 2 heterocycles. The van der Waals surface area contributed by atoms with Crippen molar-refractivity contribution < 1.29 is 9.53 Å². The minimum atomic E-state index is -0.224. The maximum atomic E-state index is 12.8. The molecular formula is C23H18ClN3O2S. The molecule has 150 valence electrons. The number of rotatable bonds is 5. The lowest BCUT2D eigenvalue weighted by Gasteiger charge is -2.12. The summed E-state index contributed by atoms with van der Waals surface area (Å²) in [6.07, 6.45) is 0. The highest BCUT2D eigenvalue weighted by atomic mass is 35.5. The van der Waals surface area contributed by atoms with Gasteiger partial charge in [-0.05, 0) is 35.7 Å². The van der Waals surface area contributed by atoms with Crippen molar-refractivity contribution in [2.75, 3.05) is 11.9 Å². The molecule has 0 bridgehead atoms. The second kappa shape index (κ2) is 8.05. The average molecular weight is 436 g/mol. The van der Waals surface area contributed by atoms with Gasteiger partial charge in [-0.15, -0.1) is 0 Å². The largest absolute Gasteiger partial charge is 0.483 e. The van der Waals surface area contributed by atoms with E-state index in [9.17, 15) is 4.79 Å². The first-order valence-corrected chi connectivity index (χ1v) is 11.1. The summed E-state index contributed by atoms with van der Waals surface area (Å²) >= 11 is 7.81. The van der Waals surface area contributed by atoms with Crippen LogP contribution < -0.4 is 10.1 Å². The Labute approximate surface area is 183 Å². The fourth-order valence-electron chi connectivity index (χ4n) is 3.54. The number of fused-ring (bicyclic) bond motifs is 2. The van der Waals surface area contributed by atoms with E-state index in [2.05, 4.69) is 5.32 Å². The molecule has 5 rings (SSSR count). The molecule has 0 aliphatic carbocycles. The summed E-state index contributed by atoms with van der Waals surface area (Å²) in [6.45, 7) is -0.0816. The molecule has 5 nitrogen and oxygen atoms in total. The molecule has 0 saturated carbocycles. The molecule has 1 amide bonds. The summed E-state index contributed by atoms with van der Waals surface area (Å²) in [5.41, 5.74) is 2.91. The van der Waals surface area contributed by atoms with E-state index in [4.69, 9.17) is 21.4 Å². The molecule has 1 aromatic heterocycles. The molecule has 0 unspecified atom stereocenters. The van der Waals surface area contributed by atoms with Crippen LogP contribution in [0, 0.1) is 0 Å². The lowest BCUT2D eigenvalue weighted by atomic mass is 10.1. The second-order valence-electron chi connectivity index (χ2n) is 6.97. The molecule has 1 aliphatic rings. The summed E-state index contributed by atoms with van der Waals surface area (Å²) < 4.78 is 7.62. The fourth-order valence-corrected chi connectivity index (χ4v) is 4.70. The van der Waals surface area contributed by atoms with Gasteiger partial charge >= 0.3 is 0 Å². The number of hydrogen-bond acceptors (Lipinski definition) is 4. The third kappa shape index (κ3) is 3.64. The van der Waals surface area contributed by atoms with Crippen molar-refractivity contribution >= 4 is 45.9 Å². The van der Waals surface area contributed by atoms with Crippen molar-refractivity contribution in [1.29, 1.82) is 0 Å². The van der Waals surface area contributed by atoms with Crippen molar-refractivity contribution in [1.82, 2.24) is 9.78 Å². The summed E-state index contributed by atoms with van der Waals surface area (Å²) in [4.78, 5) is 12.8.